The van der Waals surface area contributed by atoms with Crippen LogP contribution in [0, 0.1) is 5.92 Å². The van der Waals surface area contributed by atoms with Crippen LogP contribution in [-0.4, -0.2) is 45.5 Å². The van der Waals surface area contributed by atoms with Crippen molar-refractivity contribution in [2.45, 2.75) is 45.8 Å². The van der Waals surface area contributed by atoms with Gasteiger partial charge in [0.05, 0.1) is 12.3 Å². The van der Waals surface area contributed by atoms with Crippen LogP contribution >= 0.6 is 0 Å². The molecule has 33 heavy (non-hydrogen) atoms. The molecule has 1 amide bonds. The lowest BCUT2D eigenvalue weighted by Gasteiger charge is -2.22. The molecule has 9 heteroatoms. The molecule has 1 N–H and O–H groups in total. The fourth-order valence-corrected chi connectivity index (χ4v) is 4.44. The summed E-state index contributed by atoms with van der Waals surface area (Å²) in [4.78, 5) is 15.1. The highest BCUT2D eigenvalue weighted by molar-refractivity contribution is 5.91. The molecule has 0 radical (unpaired) electrons. The molecule has 5 rings (SSSR count). The minimum atomic E-state index is -0.235. The van der Waals surface area contributed by atoms with Gasteiger partial charge in [-0.25, -0.2) is 0 Å². The van der Waals surface area contributed by atoms with Gasteiger partial charge in [-0.05, 0) is 42.2 Å². The van der Waals surface area contributed by atoms with Crippen LogP contribution in [0.15, 0.2) is 41.0 Å². The highest BCUT2D eigenvalue weighted by atomic mass is 16.7. The van der Waals surface area contributed by atoms with Crippen molar-refractivity contribution < 1.29 is 18.7 Å². The van der Waals surface area contributed by atoms with Crippen molar-refractivity contribution in [3.05, 3.63) is 59.6 Å². The van der Waals surface area contributed by atoms with Gasteiger partial charge >= 0.3 is 0 Å². The Morgan fingerprint density at radius 2 is 2.00 bits per heavy atom. The van der Waals surface area contributed by atoms with Gasteiger partial charge in [-0.1, -0.05) is 19.9 Å². The summed E-state index contributed by atoms with van der Waals surface area (Å²) in [7, 11) is 0. The van der Waals surface area contributed by atoms with Crippen molar-refractivity contribution in [1.29, 1.82) is 0 Å². The summed E-state index contributed by atoms with van der Waals surface area (Å²) in [6.45, 7) is 7.92. The Balaban J connectivity index is 1.29. The normalized spacial score (nSPS) is 16.5. The molecular formula is C24H29N5O4. The summed E-state index contributed by atoms with van der Waals surface area (Å²) in [5, 5.41) is 12.1. The fraction of sp³-hybridized carbons (Fsp3) is 0.458. The van der Waals surface area contributed by atoms with E-state index in [1.807, 2.05) is 6.07 Å². The summed E-state index contributed by atoms with van der Waals surface area (Å²) < 4.78 is 18.4. The molecule has 4 heterocycles. The van der Waals surface area contributed by atoms with Crippen LogP contribution < -0.4 is 14.8 Å². The molecule has 174 valence electrons. The van der Waals surface area contributed by atoms with E-state index < -0.39 is 0 Å². The highest BCUT2D eigenvalue weighted by Gasteiger charge is 2.27. The van der Waals surface area contributed by atoms with E-state index in [1.165, 1.54) is 11.8 Å². The molecule has 0 spiro atoms. The third-order valence-electron chi connectivity index (χ3n) is 6.06. The van der Waals surface area contributed by atoms with Gasteiger partial charge in [0.15, 0.2) is 23.1 Å². The Bertz CT molecular complexity index is 1110. The van der Waals surface area contributed by atoms with E-state index >= 15 is 0 Å². The summed E-state index contributed by atoms with van der Waals surface area (Å²) in [6, 6.07) is 9.27. The number of hydrogen-bond donors (Lipinski definition) is 1. The number of hydrogen-bond acceptors (Lipinski definition) is 7. The van der Waals surface area contributed by atoms with E-state index in [-0.39, 0.29) is 18.7 Å². The number of carbonyl (C=O) groups excluding carboxylic acids is 1. The third-order valence-corrected chi connectivity index (χ3v) is 6.06. The van der Waals surface area contributed by atoms with Crippen molar-refractivity contribution in [3.63, 3.8) is 0 Å². The first-order chi connectivity index (χ1) is 16.1. The molecule has 2 aliphatic rings. The van der Waals surface area contributed by atoms with E-state index in [0.717, 1.165) is 62.2 Å². The van der Waals surface area contributed by atoms with E-state index in [2.05, 4.69) is 51.0 Å². The quantitative estimate of drug-likeness (QED) is 0.590. The zero-order chi connectivity index (χ0) is 22.8. The van der Waals surface area contributed by atoms with Gasteiger partial charge in [-0.15, -0.1) is 10.2 Å². The number of rotatable bonds is 7. The lowest BCUT2D eigenvalue weighted by atomic mass is 10.0. The second kappa shape index (κ2) is 9.27. The monoisotopic (exact) mass is 451 g/mol. The largest absolute Gasteiger partial charge is 0.459 e. The van der Waals surface area contributed by atoms with E-state index in [4.69, 9.17) is 13.9 Å². The lowest BCUT2D eigenvalue weighted by molar-refractivity contribution is 0.0900. The minimum absolute atomic E-state index is 0.232. The molecule has 0 aliphatic carbocycles. The number of aromatic nitrogens is 3. The average Bonchev–Trinajstić information content (AvgIpc) is 3.53. The van der Waals surface area contributed by atoms with Gasteiger partial charge in [-0.3, -0.25) is 9.69 Å². The van der Waals surface area contributed by atoms with Crippen LogP contribution in [0.1, 0.15) is 54.1 Å². The van der Waals surface area contributed by atoms with Crippen molar-refractivity contribution in [2.75, 3.05) is 19.9 Å². The number of furan rings is 1. The topological polar surface area (TPSA) is 94.7 Å². The van der Waals surface area contributed by atoms with Crippen LogP contribution in [-0.2, 0) is 19.5 Å². The van der Waals surface area contributed by atoms with Crippen LogP contribution in [0.3, 0.4) is 0 Å². The molecule has 1 atom stereocenters. The van der Waals surface area contributed by atoms with Gasteiger partial charge in [0.2, 0.25) is 6.79 Å². The van der Waals surface area contributed by atoms with Gasteiger partial charge in [0, 0.05) is 32.6 Å². The summed E-state index contributed by atoms with van der Waals surface area (Å²) in [5.74, 6) is 3.83. The first-order valence-electron chi connectivity index (χ1n) is 11.4. The standard InChI is InChI=1S/C24H29N5O4/c1-16(2)12-18(25-24(30)20-4-3-11-31-20)23-27-26-22-7-8-28(9-10-29(22)23)14-17-5-6-19-21(13-17)33-15-32-19/h3-6,11,13,16,18H,7-10,12,14-15H2,1-2H3,(H,25,30)/t18-/m0/s1. The fourth-order valence-electron chi connectivity index (χ4n) is 4.44. The maximum Gasteiger partial charge on any atom is 0.287 e. The predicted molar refractivity (Wildman–Crippen MR) is 120 cm³/mol. The van der Waals surface area contributed by atoms with Gasteiger partial charge in [0.25, 0.3) is 5.91 Å². The van der Waals surface area contributed by atoms with Crippen molar-refractivity contribution >= 4 is 5.91 Å². The second-order valence-corrected chi connectivity index (χ2v) is 8.97. The molecule has 0 bridgehead atoms. The number of fused-ring (bicyclic) bond motifs is 2. The molecular weight excluding hydrogens is 422 g/mol. The Morgan fingerprint density at radius 1 is 1.12 bits per heavy atom. The SMILES string of the molecule is CC(C)C[C@H](NC(=O)c1ccco1)c1nnc2n1CCN(Cc1ccc3c(c1)OCO3)CC2. The number of ether oxygens (including phenoxy) is 2. The first kappa shape index (κ1) is 21.5. The maximum atomic E-state index is 12.7. The average molecular weight is 452 g/mol. The van der Waals surface area contributed by atoms with Gasteiger partial charge < -0.3 is 23.8 Å². The number of carbonyl (C=O) groups is 1. The molecule has 9 nitrogen and oxygen atoms in total. The zero-order valence-corrected chi connectivity index (χ0v) is 19.0. The molecule has 2 aliphatic heterocycles. The smallest absolute Gasteiger partial charge is 0.287 e. The molecule has 0 fully saturated rings. The van der Waals surface area contributed by atoms with Crippen LogP contribution in [0.25, 0.3) is 0 Å². The Morgan fingerprint density at radius 3 is 2.82 bits per heavy atom. The third kappa shape index (κ3) is 4.73. The van der Waals surface area contributed by atoms with Crippen molar-refractivity contribution in [3.8, 4) is 11.5 Å². The molecule has 0 unspecified atom stereocenters. The van der Waals surface area contributed by atoms with Gasteiger partial charge in [-0.2, -0.15) is 0 Å². The van der Waals surface area contributed by atoms with E-state index in [1.54, 1.807) is 12.1 Å². The Hall–Kier alpha value is -3.33. The first-order valence-corrected chi connectivity index (χ1v) is 11.4. The zero-order valence-electron chi connectivity index (χ0n) is 19.0. The molecule has 0 saturated heterocycles. The minimum Gasteiger partial charge on any atom is -0.459 e. The predicted octanol–water partition coefficient (Wildman–Crippen LogP) is 3.18. The van der Waals surface area contributed by atoms with Crippen LogP contribution in [0.2, 0.25) is 0 Å². The van der Waals surface area contributed by atoms with E-state index in [9.17, 15) is 4.79 Å². The van der Waals surface area contributed by atoms with Crippen molar-refractivity contribution in [2.24, 2.45) is 5.92 Å². The van der Waals surface area contributed by atoms with Crippen LogP contribution in [0.5, 0.6) is 11.5 Å². The number of nitrogens with zero attached hydrogens (tertiary/aromatic N) is 4. The number of nitrogens with one attached hydrogen (secondary N) is 1. The maximum absolute atomic E-state index is 12.7. The molecule has 3 aromatic rings. The Labute approximate surface area is 192 Å². The van der Waals surface area contributed by atoms with Gasteiger partial charge in [0.1, 0.15) is 5.82 Å². The van der Waals surface area contributed by atoms with Crippen molar-refractivity contribution in [1.82, 2.24) is 25.0 Å². The lowest BCUT2D eigenvalue weighted by Crippen LogP contribution is -2.32. The summed E-state index contributed by atoms with van der Waals surface area (Å²) >= 11 is 0. The molecule has 0 saturated carbocycles. The second-order valence-electron chi connectivity index (χ2n) is 8.97. The molecule has 1 aromatic carbocycles. The Kier molecular flexibility index (Phi) is 6.04. The summed E-state index contributed by atoms with van der Waals surface area (Å²) in [6.07, 6.45) is 3.08. The van der Waals surface area contributed by atoms with E-state index in [0.29, 0.717) is 11.7 Å². The highest BCUT2D eigenvalue weighted by Crippen LogP contribution is 2.33. The number of amides is 1. The molecule has 2 aromatic heterocycles. The summed E-state index contributed by atoms with van der Waals surface area (Å²) in [5.41, 5.74) is 1.19. The van der Waals surface area contributed by atoms with Crippen LogP contribution in [0.4, 0.5) is 0 Å². The number of benzene rings is 1.